The Balaban J connectivity index is 0.000000913. The second kappa shape index (κ2) is 11.5. The van der Waals surface area contributed by atoms with Crippen LogP contribution < -0.4 is 10.2 Å². The highest BCUT2D eigenvalue weighted by molar-refractivity contribution is 5.95. The van der Waals surface area contributed by atoms with Gasteiger partial charge in [-0.1, -0.05) is 18.2 Å². The average Bonchev–Trinajstić information content (AvgIpc) is 3.39. The van der Waals surface area contributed by atoms with E-state index in [0.717, 1.165) is 50.3 Å². The topological polar surface area (TPSA) is 103 Å². The van der Waals surface area contributed by atoms with Crippen molar-refractivity contribution in [1.82, 2.24) is 10.2 Å². The fourth-order valence-corrected chi connectivity index (χ4v) is 4.42. The molecular weight excluding hydrogens is 410 g/mol. The molecule has 1 aromatic heterocycles. The maximum Gasteiger partial charge on any atom is 0.290 e. The number of anilines is 1. The van der Waals surface area contributed by atoms with Crippen LogP contribution in [0.5, 0.6) is 0 Å². The van der Waals surface area contributed by atoms with Crippen LogP contribution in [0.1, 0.15) is 35.4 Å². The van der Waals surface area contributed by atoms with E-state index in [1.54, 1.807) is 12.3 Å². The number of aryl methyl sites for hydroxylation is 1. The summed E-state index contributed by atoms with van der Waals surface area (Å²) in [6.07, 6.45) is 4.32. The number of carbonyl (C=O) groups excluding carboxylic acids is 2. The van der Waals surface area contributed by atoms with E-state index in [4.69, 9.17) is 14.3 Å². The van der Waals surface area contributed by atoms with Gasteiger partial charge in [0.05, 0.1) is 6.26 Å². The summed E-state index contributed by atoms with van der Waals surface area (Å²) in [5.74, 6) is 1.40. The number of piperidine rings is 1. The number of amides is 2. The quantitative estimate of drug-likeness (QED) is 0.668. The monoisotopic (exact) mass is 441 g/mol. The number of nitrogens with zero attached hydrogens (tertiary/aromatic N) is 2. The molecule has 0 aliphatic carbocycles. The first-order chi connectivity index (χ1) is 15.5. The van der Waals surface area contributed by atoms with Crippen molar-refractivity contribution in [3.8, 4) is 0 Å². The average molecular weight is 442 g/mol. The molecule has 0 spiro atoms. The molecule has 2 amide bonds. The number of nitrogens with one attached hydrogen (secondary N) is 1. The highest BCUT2D eigenvalue weighted by Gasteiger charge is 2.32. The zero-order chi connectivity index (χ0) is 22.9. The third-order valence-electron chi connectivity index (χ3n) is 6.12. The lowest BCUT2D eigenvalue weighted by atomic mass is 9.95. The first-order valence-corrected chi connectivity index (χ1v) is 11.0. The van der Waals surface area contributed by atoms with Gasteiger partial charge in [0.1, 0.15) is 0 Å². The van der Waals surface area contributed by atoms with Crippen molar-refractivity contribution in [3.05, 3.63) is 54.0 Å². The second-order valence-electron chi connectivity index (χ2n) is 8.40. The Bertz CT molecular complexity index is 890. The lowest BCUT2D eigenvalue weighted by Gasteiger charge is -2.33. The van der Waals surface area contributed by atoms with Crippen LogP contribution in [0.15, 0.2) is 47.1 Å². The SMILES string of the molecule is Cc1ccoc1C(=O)NCC1CCN(CC2CC(=O)N(c3ccccc3)C2)CC1.O=CO. The predicted octanol–water partition coefficient (Wildman–Crippen LogP) is 2.78. The van der Waals surface area contributed by atoms with Crippen molar-refractivity contribution in [2.24, 2.45) is 11.8 Å². The van der Waals surface area contributed by atoms with Crippen LogP contribution in [-0.2, 0) is 9.59 Å². The van der Waals surface area contributed by atoms with Gasteiger partial charge in [0.15, 0.2) is 5.76 Å². The number of hydrogen-bond donors (Lipinski definition) is 2. The molecule has 8 nitrogen and oxygen atoms in total. The molecule has 1 unspecified atom stereocenters. The van der Waals surface area contributed by atoms with Crippen LogP contribution in [-0.4, -0.2) is 61.0 Å². The van der Waals surface area contributed by atoms with Gasteiger partial charge in [0.2, 0.25) is 5.91 Å². The number of hydrogen-bond acceptors (Lipinski definition) is 5. The molecule has 172 valence electrons. The van der Waals surface area contributed by atoms with E-state index >= 15 is 0 Å². The molecule has 0 saturated carbocycles. The summed E-state index contributed by atoms with van der Waals surface area (Å²) in [6, 6.07) is 11.7. The fourth-order valence-electron chi connectivity index (χ4n) is 4.42. The fraction of sp³-hybridized carbons (Fsp3) is 0.458. The largest absolute Gasteiger partial charge is 0.483 e. The third-order valence-corrected chi connectivity index (χ3v) is 6.12. The van der Waals surface area contributed by atoms with Crippen molar-refractivity contribution in [1.29, 1.82) is 0 Å². The second-order valence-corrected chi connectivity index (χ2v) is 8.40. The van der Waals surface area contributed by atoms with Gasteiger partial charge in [-0.2, -0.15) is 0 Å². The molecule has 4 rings (SSSR count). The molecule has 32 heavy (non-hydrogen) atoms. The molecule has 2 saturated heterocycles. The zero-order valence-corrected chi connectivity index (χ0v) is 18.4. The molecule has 3 heterocycles. The van der Waals surface area contributed by atoms with E-state index in [-0.39, 0.29) is 18.3 Å². The molecule has 1 aromatic carbocycles. The van der Waals surface area contributed by atoms with E-state index in [1.807, 2.05) is 42.2 Å². The van der Waals surface area contributed by atoms with Crippen LogP contribution in [0, 0.1) is 18.8 Å². The number of rotatable bonds is 6. The lowest BCUT2D eigenvalue weighted by Crippen LogP contribution is -2.41. The standard InChI is InChI=1S/C23H29N3O3.CH2O2/c1-17-9-12-29-22(17)23(28)24-14-18-7-10-25(11-8-18)15-19-13-21(27)26(16-19)20-5-3-2-4-6-20;2-1-3/h2-6,9,12,18-19H,7-8,10-11,13-16H2,1H3,(H,24,28);1H,(H,2,3). The number of benzene rings is 1. The molecule has 1 atom stereocenters. The van der Waals surface area contributed by atoms with Gasteiger partial charge in [-0.05, 0) is 62.9 Å². The highest BCUT2D eigenvalue weighted by atomic mass is 16.3. The van der Waals surface area contributed by atoms with Gasteiger partial charge in [-0.25, -0.2) is 0 Å². The molecule has 2 N–H and O–H groups in total. The van der Waals surface area contributed by atoms with Crippen molar-refractivity contribution >= 4 is 24.0 Å². The lowest BCUT2D eigenvalue weighted by molar-refractivity contribution is -0.123. The Hall–Kier alpha value is -3.13. The van der Waals surface area contributed by atoms with Crippen LogP contribution in [0.2, 0.25) is 0 Å². The molecule has 0 radical (unpaired) electrons. The van der Waals surface area contributed by atoms with Gasteiger partial charge in [0.25, 0.3) is 12.4 Å². The molecule has 2 fully saturated rings. The van der Waals surface area contributed by atoms with Crippen LogP contribution >= 0.6 is 0 Å². The smallest absolute Gasteiger partial charge is 0.290 e. The maximum absolute atomic E-state index is 12.4. The molecule has 0 bridgehead atoms. The molecule has 2 aliphatic rings. The molecular formula is C24H31N3O5. The number of carboxylic acid groups (broad SMARTS) is 1. The van der Waals surface area contributed by atoms with E-state index in [9.17, 15) is 9.59 Å². The Kier molecular flexibility index (Phi) is 8.44. The normalized spacial score (nSPS) is 19.3. The van der Waals surface area contributed by atoms with Gasteiger partial charge < -0.3 is 24.6 Å². The van der Waals surface area contributed by atoms with Crippen molar-refractivity contribution < 1.29 is 23.9 Å². The Morgan fingerprint density at radius 3 is 2.50 bits per heavy atom. The summed E-state index contributed by atoms with van der Waals surface area (Å²) in [6.45, 7) is 6.15. The third kappa shape index (κ3) is 6.20. The van der Waals surface area contributed by atoms with E-state index < -0.39 is 0 Å². The summed E-state index contributed by atoms with van der Waals surface area (Å²) in [4.78, 5) is 37.4. The number of carbonyl (C=O) groups is 3. The van der Waals surface area contributed by atoms with E-state index in [1.165, 1.54) is 0 Å². The zero-order valence-electron chi connectivity index (χ0n) is 18.4. The number of para-hydroxylation sites is 1. The van der Waals surface area contributed by atoms with Gasteiger partial charge >= 0.3 is 0 Å². The Morgan fingerprint density at radius 2 is 1.88 bits per heavy atom. The van der Waals surface area contributed by atoms with Crippen molar-refractivity contribution in [2.45, 2.75) is 26.2 Å². The summed E-state index contributed by atoms with van der Waals surface area (Å²) in [5, 5.41) is 9.90. The first kappa shape index (κ1) is 23.5. The summed E-state index contributed by atoms with van der Waals surface area (Å²) in [7, 11) is 0. The molecule has 2 aliphatic heterocycles. The van der Waals surface area contributed by atoms with Crippen molar-refractivity contribution in [2.75, 3.05) is 37.6 Å². The molecule has 8 heteroatoms. The maximum atomic E-state index is 12.4. The van der Waals surface area contributed by atoms with Crippen molar-refractivity contribution in [3.63, 3.8) is 0 Å². The van der Waals surface area contributed by atoms with E-state index in [2.05, 4.69) is 10.2 Å². The summed E-state index contributed by atoms with van der Waals surface area (Å²) >= 11 is 0. The minimum Gasteiger partial charge on any atom is -0.483 e. The highest BCUT2D eigenvalue weighted by Crippen LogP contribution is 2.27. The summed E-state index contributed by atoms with van der Waals surface area (Å²) < 4.78 is 5.25. The minimum atomic E-state index is -0.250. The Morgan fingerprint density at radius 1 is 1.19 bits per heavy atom. The van der Waals surface area contributed by atoms with Crippen LogP contribution in [0.25, 0.3) is 0 Å². The van der Waals surface area contributed by atoms with E-state index in [0.29, 0.717) is 30.6 Å². The number of likely N-dealkylation sites (tertiary alicyclic amines) is 1. The van der Waals surface area contributed by atoms with Crippen LogP contribution in [0.4, 0.5) is 5.69 Å². The number of furan rings is 1. The molecule has 2 aromatic rings. The van der Waals surface area contributed by atoms with Gasteiger partial charge in [-0.3, -0.25) is 14.4 Å². The predicted molar refractivity (Wildman–Crippen MR) is 121 cm³/mol. The van der Waals surface area contributed by atoms with Crippen LogP contribution in [0.3, 0.4) is 0 Å². The minimum absolute atomic E-state index is 0.125. The first-order valence-electron chi connectivity index (χ1n) is 11.0. The Labute approximate surface area is 188 Å². The van der Waals surface area contributed by atoms with Gasteiger partial charge in [-0.15, -0.1) is 0 Å². The summed E-state index contributed by atoms with van der Waals surface area (Å²) in [5.41, 5.74) is 1.87. The van der Waals surface area contributed by atoms with Gasteiger partial charge in [0, 0.05) is 37.3 Å².